The molecule has 0 saturated heterocycles. The van der Waals surface area contributed by atoms with Crippen molar-refractivity contribution in [2.24, 2.45) is 0 Å². The number of hydrogen-bond acceptors (Lipinski definition) is 3. The highest BCUT2D eigenvalue weighted by atomic mass is 35.5. The number of imidazole rings is 1. The number of carbonyl (C=O) groups excluding carboxylic acids is 1. The Hall–Kier alpha value is -1.55. The minimum absolute atomic E-state index is 0.137. The van der Waals surface area contributed by atoms with Crippen LogP contribution in [0.15, 0.2) is 18.2 Å². The van der Waals surface area contributed by atoms with E-state index in [1.165, 1.54) is 7.11 Å². The molecule has 0 aliphatic heterocycles. The van der Waals surface area contributed by atoms with Crippen LogP contribution in [-0.4, -0.2) is 22.6 Å². The first-order chi connectivity index (χ1) is 8.15. The number of rotatable bonds is 3. The molecule has 0 fully saturated rings. The van der Waals surface area contributed by atoms with E-state index in [2.05, 4.69) is 9.72 Å². The van der Waals surface area contributed by atoms with Gasteiger partial charge in [0.2, 0.25) is 0 Å². The van der Waals surface area contributed by atoms with Crippen molar-refractivity contribution in [2.45, 2.75) is 19.3 Å². The monoisotopic (exact) mass is 252 g/mol. The highest BCUT2D eigenvalue weighted by Crippen LogP contribution is 2.19. The number of ether oxygens (including phenoxy) is 1. The maximum atomic E-state index is 11.3. The molecule has 4 nitrogen and oxygen atoms in total. The Kier molecular flexibility index (Phi) is 3.33. The minimum atomic E-state index is -0.309. The number of carbonyl (C=O) groups is 1. The first-order valence-corrected chi connectivity index (χ1v) is 5.77. The Morgan fingerprint density at radius 1 is 1.53 bits per heavy atom. The summed E-state index contributed by atoms with van der Waals surface area (Å²) >= 11 is 5.83. The molecule has 2 aromatic rings. The quantitative estimate of drug-likeness (QED) is 0.622. The smallest absolute Gasteiger partial charge is 0.325 e. The van der Waals surface area contributed by atoms with Crippen molar-refractivity contribution in [1.82, 2.24) is 9.55 Å². The average Bonchev–Trinajstić information content (AvgIpc) is 2.66. The molecular weight excluding hydrogens is 240 g/mol. The predicted molar refractivity (Wildman–Crippen MR) is 66.0 cm³/mol. The van der Waals surface area contributed by atoms with Crippen LogP contribution >= 0.6 is 11.6 Å². The summed E-state index contributed by atoms with van der Waals surface area (Å²) in [6.45, 7) is 2.14. The van der Waals surface area contributed by atoms with Gasteiger partial charge in [0.15, 0.2) is 0 Å². The van der Waals surface area contributed by atoms with Crippen LogP contribution in [0.1, 0.15) is 11.4 Å². The van der Waals surface area contributed by atoms with Gasteiger partial charge in [0, 0.05) is 0 Å². The fourth-order valence-corrected chi connectivity index (χ4v) is 1.97. The van der Waals surface area contributed by atoms with Crippen molar-refractivity contribution < 1.29 is 9.53 Å². The van der Waals surface area contributed by atoms with Crippen molar-refractivity contribution in [3.8, 4) is 0 Å². The fraction of sp³-hybridized carbons (Fsp3) is 0.333. The largest absolute Gasteiger partial charge is 0.468 e. The third kappa shape index (κ3) is 2.26. The molecule has 0 N–H and O–H groups in total. The van der Waals surface area contributed by atoms with Crippen molar-refractivity contribution in [3.63, 3.8) is 0 Å². The number of aryl methyl sites for hydroxylation is 1. The second-order valence-corrected chi connectivity index (χ2v) is 4.08. The summed E-state index contributed by atoms with van der Waals surface area (Å²) in [5.74, 6) is 0.638. The van der Waals surface area contributed by atoms with Gasteiger partial charge in [0.05, 0.1) is 24.0 Å². The van der Waals surface area contributed by atoms with Gasteiger partial charge in [0.1, 0.15) is 12.4 Å². The van der Waals surface area contributed by atoms with E-state index in [4.69, 9.17) is 11.6 Å². The van der Waals surface area contributed by atoms with Gasteiger partial charge < -0.3 is 9.30 Å². The predicted octanol–water partition coefficient (Wildman–Crippen LogP) is 2.26. The molecule has 0 amide bonds. The van der Waals surface area contributed by atoms with E-state index in [0.29, 0.717) is 5.82 Å². The molecule has 0 atom stereocenters. The highest BCUT2D eigenvalue weighted by Gasteiger charge is 2.13. The molecule has 0 unspecified atom stereocenters. The molecule has 0 aliphatic carbocycles. The zero-order valence-corrected chi connectivity index (χ0v) is 10.5. The lowest BCUT2D eigenvalue weighted by atomic mass is 10.2. The van der Waals surface area contributed by atoms with Gasteiger partial charge in [-0.25, -0.2) is 4.98 Å². The van der Waals surface area contributed by atoms with Crippen molar-refractivity contribution >= 4 is 28.6 Å². The van der Waals surface area contributed by atoms with E-state index in [1.807, 2.05) is 25.1 Å². The van der Waals surface area contributed by atoms with Crippen LogP contribution in [0.2, 0.25) is 0 Å². The molecule has 2 rings (SSSR count). The van der Waals surface area contributed by atoms with Crippen LogP contribution in [0.5, 0.6) is 0 Å². The molecule has 0 spiro atoms. The van der Waals surface area contributed by atoms with Crippen LogP contribution in [0.4, 0.5) is 0 Å². The van der Waals surface area contributed by atoms with E-state index in [-0.39, 0.29) is 18.4 Å². The number of benzene rings is 1. The zero-order chi connectivity index (χ0) is 12.4. The fourth-order valence-electron chi connectivity index (χ4n) is 1.76. The summed E-state index contributed by atoms with van der Waals surface area (Å²) in [6, 6.07) is 5.89. The summed E-state index contributed by atoms with van der Waals surface area (Å²) in [7, 11) is 1.37. The Morgan fingerprint density at radius 2 is 2.29 bits per heavy atom. The summed E-state index contributed by atoms with van der Waals surface area (Å²) in [5, 5.41) is 0. The van der Waals surface area contributed by atoms with Crippen molar-refractivity contribution in [2.75, 3.05) is 7.11 Å². The van der Waals surface area contributed by atoms with Crippen LogP contribution in [0.25, 0.3) is 11.0 Å². The topological polar surface area (TPSA) is 44.1 Å². The standard InChI is InChI=1S/C12H13ClN2O2/c1-8-3-4-10-9(5-8)14-11(6-13)15(10)7-12(16)17-2/h3-5H,6-7H2,1-2H3. The lowest BCUT2D eigenvalue weighted by Crippen LogP contribution is -2.13. The number of fused-ring (bicyclic) bond motifs is 1. The van der Waals surface area contributed by atoms with Gasteiger partial charge in [-0.3, -0.25) is 4.79 Å². The molecule has 0 saturated carbocycles. The molecule has 90 valence electrons. The molecule has 1 aromatic carbocycles. The van der Waals surface area contributed by atoms with E-state index in [9.17, 15) is 4.79 Å². The first-order valence-electron chi connectivity index (χ1n) is 5.24. The molecule has 0 radical (unpaired) electrons. The SMILES string of the molecule is COC(=O)Cn1c(CCl)nc2cc(C)ccc21. The van der Waals surface area contributed by atoms with Gasteiger partial charge in [-0.05, 0) is 24.6 Å². The normalized spacial score (nSPS) is 10.8. The molecule has 0 bridgehead atoms. The van der Waals surface area contributed by atoms with E-state index >= 15 is 0 Å². The van der Waals surface area contributed by atoms with Gasteiger partial charge in [-0.2, -0.15) is 0 Å². The van der Waals surface area contributed by atoms with Gasteiger partial charge in [0.25, 0.3) is 0 Å². The number of esters is 1. The first kappa shape index (κ1) is 11.9. The lowest BCUT2D eigenvalue weighted by molar-refractivity contribution is -0.141. The maximum absolute atomic E-state index is 11.3. The number of hydrogen-bond donors (Lipinski definition) is 0. The molecular formula is C12H13ClN2O2. The lowest BCUT2D eigenvalue weighted by Gasteiger charge is -2.05. The van der Waals surface area contributed by atoms with E-state index < -0.39 is 0 Å². The third-order valence-corrected chi connectivity index (χ3v) is 2.86. The number of aromatic nitrogens is 2. The average molecular weight is 253 g/mol. The number of nitrogens with zero attached hydrogens (tertiary/aromatic N) is 2. The maximum Gasteiger partial charge on any atom is 0.325 e. The Labute approximate surface area is 104 Å². The van der Waals surface area contributed by atoms with Crippen LogP contribution in [0.3, 0.4) is 0 Å². The number of methoxy groups -OCH3 is 1. The molecule has 1 heterocycles. The van der Waals surface area contributed by atoms with Crippen LogP contribution in [-0.2, 0) is 22.0 Å². The van der Waals surface area contributed by atoms with Gasteiger partial charge in [-0.1, -0.05) is 6.07 Å². The number of alkyl halides is 1. The van der Waals surface area contributed by atoms with Crippen molar-refractivity contribution in [3.05, 3.63) is 29.6 Å². The van der Waals surface area contributed by atoms with Crippen molar-refractivity contribution in [1.29, 1.82) is 0 Å². The van der Waals surface area contributed by atoms with Crippen LogP contribution in [0, 0.1) is 6.92 Å². The van der Waals surface area contributed by atoms with Gasteiger partial charge >= 0.3 is 5.97 Å². The second kappa shape index (κ2) is 4.75. The molecule has 5 heteroatoms. The van der Waals surface area contributed by atoms with Crippen LogP contribution < -0.4 is 0 Å². The zero-order valence-electron chi connectivity index (χ0n) is 9.74. The number of halogens is 1. The van der Waals surface area contributed by atoms with Gasteiger partial charge in [-0.15, -0.1) is 11.6 Å². The summed E-state index contributed by atoms with van der Waals surface area (Å²) in [4.78, 5) is 15.7. The van der Waals surface area contributed by atoms with E-state index in [1.54, 1.807) is 4.57 Å². The third-order valence-electron chi connectivity index (χ3n) is 2.62. The molecule has 1 aromatic heterocycles. The minimum Gasteiger partial charge on any atom is -0.468 e. The van der Waals surface area contributed by atoms with E-state index in [0.717, 1.165) is 16.6 Å². The highest BCUT2D eigenvalue weighted by molar-refractivity contribution is 6.16. The summed E-state index contributed by atoms with van der Waals surface area (Å²) in [6.07, 6.45) is 0. The Bertz CT molecular complexity index is 563. The Morgan fingerprint density at radius 3 is 2.94 bits per heavy atom. The summed E-state index contributed by atoms with van der Waals surface area (Å²) < 4.78 is 6.45. The molecule has 0 aliphatic rings. The second-order valence-electron chi connectivity index (χ2n) is 3.82. The Balaban J connectivity index is 2.54. The summed E-state index contributed by atoms with van der Waals surface area (Å²) in [5.41, 5.74) is 2.88. The molecule has 17 heavy (non-hydrogen) atoms.